The molecule has 1 aromatic carbocycles. The number of carboxylic acid groups (broad SMARTS) is 1. The summed E-state index contributed by atoms with van der Waals surface area (Å²) in [4.78, 5) is 83.0. The summed E-state index contributed by atoms with van der Waals surface area (Å²) < 4.78 is 64.2. The quantitative estimate of drug-likeness (QED) is 0.0723. The number of rotatable bonds is 19. The second kappa shape index (κ2) is 27.6. The third-order valence-electron chi connectivity index (χ3n) is 17.3. The van der Waals surface area contributed by atoms with Crippen LogP contribution in [0.4, 0.5) is 10.5 Å². The lowest BCUT2D eigenvalue weighted by atomic mass is 9.83. The molecule has 2 aromatic rings. The van der Waals surface area contributed by atoms with Crippen molar-refractivity contribution in [2.75, 3.05) is 66.4 Å². The Kier molecular flexibility index (Phi) is 21.8. The summed E-state index contributed by atoms with van der Waals surface area (Å²) in [5.41, 5.74) is -2.50. The molecular formula is C58H88ClN5O18. The zero-order valence-electron chi connectivity index (χ0n) is 49.8. The average Bonchev–Trinajstić information content (AvgIpc) is 2.80. The van der Waals surface area contributed by atoms with Gasteiger partial charge in [0.05, 0.1) is 65.9 Å². The number of anilines is 1. The van der Waals surface area contributed by atoms with E-state index < -0.39 is 120 Å². The number of halogens is 1. The number of carbonyl (C=O) groups excluding carboxylic acids is 4. The number of hydrogen-bond donors (Lipinski definition) is 4. The van der Waals surface area contributed by atoms with E-state index in [2.05, 4.69) is 20.4 Å². The Bertz CT molecular complexity index is 2640. The highest BCUT2D eigenvalue weighted by atomic mass is 35.5. The molecule has 7 rings (SSSR count). The van der Waals surface area contributed by atoms with Gasteiger partial charge in [-0.3, -0.25) is 24.1 Å². The molecule has 460 valence electrons. The van der Waals surface area contributed by atoms with E-state index in [1.54, 1.807) is 44.4 Å². The number of nitrogens with zero attached hydrogens (tertiary/aromatic N) is 3. The highest BCUT2D eigenvalue weighted by Gasteiger charge is 2.58. The fourth-order valence-corrected chi connectivity index (χ4v) is 12.5. The number of pyridine rings is 1. The molecule has 24 heteroatoms. The number of aliphatic hydroxyl groups is 1. The molecular weight excluding hydrogens is 1090 g/mol. The van der Waals surface area contributed by atoms with Crippen LogP contribution in [0.2, 0.25) is 5.02 Å². The highest BCUT2D eigenvalue weighted by Crippen LogP contribution is 2.42. The molecule has 1 saturated carbocycles. The van der Waals surface area contributed by atoms with Gasteiger partial charge in [-0.15, -0.1) is 0 Å². The minimum atomic E-state index is -1.35. The van der Waals surface area contributed by atoms with Crippen molar-refractivity contribution in [1.29, 1.82) is 0 Å². The minimum absolute atomic E-state index is 0.0158. The molecule has 5 fully saturated rings. The summed E-state index contributed by atoms with van der Waals surface area (Å²) in [6.45, 7) is 17.0. The average molecular weight is 1180 g/mol. The molecule has 4 N–H and O–H groups in total. The van der Waals surface area contributed by atoms with Crippen molar-refractivity contribution in [2.24, 2.45) is 17.8 Å². The van der Waals surface area contributed by atoms with E-state index in [9.17, 15) is 39.0 Å². The fraction of sp³-hybridized carbons (Fsp3) is 0.759. The number of fused-ring (bicyclic) bond motifs is 2. The second-order valence-electron chi connectivity index (χ2n) is 23.9. The largest absolute Gasteiger partial charge is 0.509 e. The molecule has 23 nitrogen and oxygen atoms in total. The van der Waals surface area contributed by atoms with E-state index in [-0.39, 0.29) is 80.1 Å². The standard InChI is InChI=1S/C58H88ClN5O18/c1-14-44-58(9)52(81-56(72)82-58)34(6)63(12)28-30(2)21-43(65)51(79-47-23-37(62(10)11)22-31(3)75-47)32(4)50(33(5)55(71)77-44)80-48-26-57(8,73-13)53(35(7)76-48)78-46(67)27-61-45(66)17-19-74-20-18-60-41-24-38-42(25-40(41)59)64(36-15-16-36)29-39(49(38)68)54(69)70/h24-25,29-37,43-44,47-48,50-53,60,65H,14-23,26-28H2,1-13H3,(H,61,66)(H,69,70)/t30-,31?,32-,33+,34+,35-,37-,43+,44?,47-,48-,50-,51+,52+,53-,57+,58+/m0/s1. The number of carboxylic acids is 1. The Labute approximate surface area is 485 Å². The Morgan fingerprint density at radius 3 is 2.30 bits per heavy atom. The Morgan fingerprint density at radius 1 is 0.939 bits per heavy atom. The van der Waals surface area contributed by atoms with Crippen molar-refractivity contribution >= 4 is 58.2 Å². The van der Waals surface area contributed by atoms with Crippen LogP contribution in [0.25, 0.3) is 10.9 Å². The predicted molar refractivity (Wildman–Crippen MR) is 301 cm³/mol. The number of aromatic nitrogens is 1. The number of hydrogen-bond acceptors (Lipinski definition) is 20. The lowest BCUT2D eigenvalue weighted by molar-refractivity contribution is -0.306. The maximum atomic E-state index is 14.7. The highest BCUT2D eigenvalue weighted by molar-refractivity contribution is 6.34. The van der Waals surface area contributed by atoms with Crippen molar-refractivity contribution in [1.82, 2.24) is 19.7 Å². The van der Waals surface area contributed by atoms with Gasteiger partial charge >= 0.3 is 24.1 Å². The predicted octanol–water partition coefficient (Wildman–Crippen LogP) is 5.91. The molecule has 4 saturated heterocycles. The van der Waals surface area contributed by atoms with Crippen LogP contribution in [-0.4, -0.2) is 200 Å². The number of cyclic esters (lactones) is 1. The smallest absolute Gasteiger partial charge is 0.477 e. The van der Waals surface area contributed by atoms with Crippen molar-refractivity contribution in [3.8, 4) is 0 Å². The molecule has 5 aliphatic rings. The number of amides is 1. The summed E-state index contributed by atoms with van der Waals surface area (Å²) in [6, 6.07) is 3.07. The van der Waals surface area contributed by atoms with Crippen LogP contribution >= 0.6 is 11.6 Å². The number of esters is 2. The SMILES string of the molecule is CCC1OC(=O)[C@H](C)[C@@H](O[C@H]2C[C@@](C)(OC)[C@@H](OC(=O)CNC(=O)CCOCCNc3cc4c(=O)c(C(=O)O)cn(C5CC5)c4cc3Cl)[C@H](C)O2)[C@H](C)[C@@H](O[C@H]2C[C@@H](N(C)C)CC(C)O2)[C@H](O)C[C@H](C)CN(C)[C@H](C)[C@H]2OC(=O)O[C@]12C. The number of methoxy groups -OCH3 is 1. The van der Waals surface area contributed by atoms with Gasteiger partial charge in [0, 0.05) is 75.1 Å². The molecule has 2 unspecified atom stereocenters. The first-order valence-electron chi connectivity index (χ1n) is 28.9. The molecule has 82 heavy (non-hydrogen) atoms. The summed E-state index contributed by atoms with van der Waals surface area (Å²) in [7, 11) is 7.42. The van der Waals surface area contributed by atoms with Crippen molar-refractivity contribution in [3.63, 3.8) is 0 Å². The molecule has 1 aromatic heterocycles. The molecule has 0 spiro atoms. The third-order valence-corrected chi connectivity index (χ3v) is 17.6. The Hall–Kier alpha value is -4.69. The van der Waals surface area contributed by atoms with Crippen molar-refractivity contribution in [3.05, 3.63) is 39.1 Å². The van der Waals surface area contributed by atoms with E-state index in [0.717, 1.165) is 19.3 Å². The molecule has 5 heterocycles. The van der Waals surface area contributed by atoms with Crippen LogP contribution in [-0.2, 0) is 61.8 Å². The van der Waals surface area contributed by atoms with E-state index in [4.69, 9.17) is 59.0 Å². The van der Waals surface area contributed by atoms with Gasteiger partial charge in [-0.2, -0.15) is 0 Å². The van der Waals surface area contributed by atoms with Crippen LogP contribution < -0.4 is 16.1 Å². The van der Waals surface area contributed by atoms with Gasteiger partial charge in [-0.25, -0.2) is 9.59 Å². The topological polar surface area (TPSA) is 271 Å². The van der Waals surface area contributed by atoms with E-state index in [0.29, 0.717) is 35.6 Å². The van der Waals surface area contributed by atoms with Gasteiger partial charge in [0.15, 0.2) is 30.4 Å². The molecule has 17 atom stereocenters. The van der Waals surface area contributed by atoms with E-state index >= 15 is 0 Å². The Balaban J connectivity index is 0.992. The van der Waals surface area contributed by atoms with Gasteiger partial charge in [0.2, 0.25) is 11.3 Å². The number of aliphatic hydroxyl groups excluding tert-OH is 1. The third kappa shape index (κ3) is 15.2. The molecule has 0 radical (unpaired) electrons. The van der Waals surface area contributed by atoms with Gasteiger partial charge in [-0.05, 0) is 113 Å². The van der Waals surface area contributed by atoms with Crippen molar-refractivity contribution in [2.45, 2.75) is 204 Å². The van der Waals surface area contributed by atoms with Crippen LogP contribution in [0.1, 0.15) is 130 Å². The summed E-state index contributed by atoms with van der Waals surface area (Å²) in [5.74, 6) is -5.02. The molecule has 1 aliphatic carbocycles. The fourth-order valence-electron chi connectivity index (χ4n) is 12.3. The van der Waals surface area contributed by atoms with Gasteiger partial charge in [0.1, 0.15) is 23.8 Å². The second-order valence-corrected chi connectivity index (χ2v) is 24.4. The maximum absolute atomic E-state index is 14.7. The number of benzene rings is 1. The minimum Gasteiger partial charge on any atom is -0.477 e. The first-order valence-corrected chi connectivity index (χ1v) is 29.3. The molecule has 1 amide bonds. The number of nitrogens with one attached hydrogen (secondary N) is 2. The van der Waals surface area contributed by atoms with Crippen LogP contribution in [0.3, 0.4) is 0 Å². The van der Waals surface area contributed by atoms with Crippen molar-refractivity contribution < 1.29 is 81.6 Å². The Morgan fingerprint density at radius 2 is 1.65 bits per heavy atom. The van der Waals surface area contributed by atoms with E-state index in [1.165, 1.54) is 13.3 Å². The zero-order chi connectivity index (χ0) is 60.1. The lowest BCUT2D eigenvalue weighted by Crippen LogP contribution is -2.59. The number of carbonyl (C=O) groups is 5. The lowest BCUT2D eigenvalue weighted by Gasteiger charge is -2.47. The number of aromatic carboxylic acids is 1. The van der Waals surface area contributed by atoms with Gasteiger partial charge in [0.25, 0.3) is 0 Å². The van der Waals surface area contributed by atoms with Crippen LogP contribution in [0.5, 0.6) is 0 Å². The maximum Gasteiger partial charge on any atom is 0.509 e. The summed E-state index contributed by atoms with van der Waals surface area (Å²) >= 11 is 6.58. The van der Waals surface area contributed by atoms with Gasteiger partial charge < -0.3 is 77.7 Å². The monoisotopic (exact) mass is 1180 g/mol. The molecule has 0 bridgehead atoms. The van der Waals surface area contributed by atoms with Crippen LogP contribution in [0, 0.1) is 17.8 Å². The number of likely N-dealkylation sites (N-methyl/N-ethyl adjacent to an activating group) is 1. The first kappa shape index (κ1) is 64.9. The molecule has 4 aliphatic heterocycles. The number of ether oxygens (including phenoxy) is 10. The first-order chi connectivity index (χ1) is 38.7. The zero-order valence-corrected chi connectivity index (χ0v) is 50.6. The van der Waals surface area contributed by atoms with Crippen LogP contribution in [0.15, 0.2) is 23.1 Å². The van der Waals surface area contributed by atoms with E-state index in [1.807, 2.05) is 55.8 Å². The normalized spacial score (nSPS) is 35.1. The summed E-state index contributed by atoms with van der Waals surface area (Å²) in [5, 5.41) is 28.3. The summed E-state index contributed by atoms with van der Waals surface area (Å²) in [6.07, 6.45) is -4.34. The van der Waals surface area contributed by atoms with Gasteiger partial charge in [-0.1, -0.05) is 32.4 Å².